The average Bonchev–Trinajstić information content (AvgIpc) is 2.38. The molecule has 0 spiro atoms. The van der Waals surface area contributed by atoms with Crippen LogP contribution in [0.5, 0.6) is 0 Å². The monoisotopic (exact) mass is 334 g/mol. The molecule has 1 N–H and O–H groups in total. The van der Waals surface area contributed by atoms with Gasteiger partial charge >= 0.3 is 0 Å². The van der Waals surface area contributed by atoms with Crippen molar-refractivity contribution in [3.63, 3.8) is 0 Å². The van der Waals surface area contributed by atoms with Crippen molar-refractivity contribution >= 4 is 26.8 Å². The van der Waals surface area contributed by atoms with Crippen LogP contribution in [0, 0.1) is 5.41 Å². The van der Waals surface area contributed by atoms with Crippen molar-refractivity contribution in [1.29, 1.82) is 0 Å². The molecule has 0 saturated carbocycles. The van der Waals surface area contributed by atoms with Crippen molar-refractivity contribution in [2.24, 2.45) is 5.41 Å². The predicted octanol–water partition coefficient (Wildman–Crippen LogP) is 5.08. The van der Waals surface area contributed by atoms with E-state index in [-0.39, 0.29) is 11.5 Å². The maximum absolute atomic E-state index is 4.89. The minimum Gasteiger partial charge on any atom is -0.308 e. The van der Waals surface area contributed by atoms with Crippen LogP contribution in [0.15, 0.2) is 34.8 Å². The summed E-state index contributed by atoms with van der Waals surface area (Å²) >= 11 is 3.70. The topological polar surface area (TPSA) is 24.9 Å². The number of nitrogens with one attached hydrogen (secondary N) is 1. The number of aromatic nitrogens is 1. The lowest BCUT2D eigenvalue weighted by molar-refractivity contribution is 0.267. The van der Waals surface area contributed by atoms with Crippen molar-refractivity contribution in [2.75, 3.05) is 6.54 Å². The number of halogens is 1. The van der Waals surface area contributed by atoms with E-state index in [1.54, 1.807) is 0 Å². The maximum Gasteiger partial charge on any atom is 0.0727 e. The summed E-state index contributed by atoms with van der Waals surface area (Å²) in [5.74, 6) is 0. The minimum absolute atomic E-state index is 0.118. The van der Waals surface area contributed by atoms with Gasteiger partial charge in [-0.1, -0.05) is 45.9 Å². The van der Waals surface area contributed by atoms with E-state index in [0.717, 1.165) is 28.6 Å². The Morgan fingerprint density at radius 3 is 2.60 bits per heavy atom. The maximum atomic E-state index is 4.89. The number of para-hydroxylation sites is 1. The van der Waals surface area contributed by atoms with Crippen LogP contribution in [-0.4, -0.2) is 11.5 Å². The van der Waals surface area contributed by atoms with Crippen LogP contribution in [0.3, 0.4) is 0 Å². The van der Waals surface area contributed by atoms with Crippen molar-refractivity contribution in [3.05, 3.63) is 40.5 Å². The highest BCUT2D eigenvalue weighted by atomic mass is 79.9. The summed E-state index contributed by atoms with van der Waals surface area (Å²) in [7, 11) is 0. The lowest BCUT2D eigenvalue weighted by atomic mass is 9.84. The molecule has 0 amide bonds. The van der Waals surface area contributed by atoms with Gasteiger partial charge in [0, 0.05) is 9.86 Å². The summed E-state index contributed by atoms with van der Waals surface area (Å²) in [4.78, 5) is 4.89. The number of benzene rings is 1. The van der Waals surface area contributed by atoms with Crippen molar-refractivity contribution in [1.82, 2.24) is 10.3 Å². The van der Waals surface area contributed by atoms with Gasteiger partial charge in [-0.15, -0.1) is 0 Å². The number of fused-ring (bicyclic) bond motifs is 1. The number of hydrogen-bond donors (Lipinski definition) is 1. The van der Waals surface area contributed by atoms with Crippen LogP contribution in [0.25, 0.3) is 10.9 Å². The molecular weight excluding hydrogens is 312 g/mol. The van der Waals surface area contributed by atoms with Gasteiger partial charge in [0.05, 0.1) is 17.3 Å². The van der Waals surface area contributed by atoms with Gasteiger partial charge < -0.3 is 5.32 Å². The lowest BCUT2D eigenvalue weighted by Crippen LogP contribution is -2.33. The minimum atomic E-state index is 0.118. The third kappa shape index (κ3) is 3.39. The molecule has 0 fully saturated rings. The van der Waals surface area contributed by atoms with E-state index in [2.05, 4.69) is 67.1 Å². The molecule has 0 saturated heterocycles. The van der Waals surface area contributed by atoms with Crippen LogP contribution in [0.2, 0.25) is 0 Å². The molecule has 1 heterocycles. The number of nitrogens with zero attached hydrogens (tertiary/aromatic N) is 1. The van der Waals surface area contributed by atoms with E-state index in [4.69, 9.17) is 4.98 Å². The Kier molecular flexibility index (Phi) is 4.82. The summed E-state index contributed by atoms with van der Waals surface area (Å²) in [5, 5.41) is 4.81. The molecule has 1 unspecified atom stereocenters. The van der Waals surface area contributed by atoms with E-state index >= 15 is 0 Å². The Hall–Kier alpha value is -0.930. The molecule has 2 aromatic rings. The Balaban J connectivity index is 2.49. The third-order valence-corrected chi connectivity index (χ3v) is 4.08. The smallest absolute Gasteiger partial charge is 0.0727 e. The van der Waals surface area contributed by atoms with Crippen LogP contribution < -0.4 is 5.32 Å². The number of hydrogen-bond acceptors (Lipinski definition) is 2. The first-order valence-electron chi connectivity index (χ1n) is 7.22. The van der Waals surface area contributed by atoms with Crippen LogP contribution >= 0.6 is 15.9 Å². The molecular formula is C17H23BrN2. The molecule has 0 bridgehead atoms. The molecule has 0 aliphatic carbocycles. The van der Waals surface area contributed by atoms with Gasteiger partial charge in [0.15, 0.2) is 0 Å². The second kappa shape index (κ2) is 6.23. The Labute approximate surface area is 130 Å². The normalized spacial score (nSPS) is 13.7. The average molecular weight is 335 g/mol. The molecule has 1 aromatic heterocycles. The summed E-state index contributed by atoms with van der Waals surface area (Å²) in [6.07, 6.45) is 1.12. The molecule has 20 heavy (non-hydrogen) atoms. The second-order valence-corrected chi connectivity index (χ2v) is 7.16. The van der Waals surface area contributed by atoms with Gasteiger partial charge in [0.1, 0.15) is 0 Å². The van der Waals surface area contributed by atoms with Gasteiger partial charge in [-0.3, -0.25) is 0 Å². The second-order valence-electron chi connectivity index (χ2n) is 6.30. The van der Waals surface area contributed by atoms with Gasteiger partial charge in [-0.2, -0.15) is 0 Å². The Morgan fingerprint density at radius 1 is 1.25 bits per heavy atom. The largest absolute Gasteiger partial charge is 0.308 e. The summed E-state index contributed by atoms with van der Waals surface area (Å²) in [5.41, 5.74) is 2.27. The first-order chi connectivity index (χ1) is 9.43. The number of rotatable bonds is 4. The van der Waals surface area contributed by atoms with Crippen molar-refractivity contribution in [2.45, 2.75) is 40.2 Å². The molecule has 2 nitrogen and oxygen atoms in total. The van der Waals surface area contributed by atoms with Gasteiger partial charge in [-0.05, 0) is 46.4 Å². The molecule has 108 valence electrons. The first kappa shape index (κ1) is 15.5. The SMILES string of the molecule is CCCNC(c1nc2ccccc2cc1Br)C(C)(C)C. The summed E-state index contributed by atoms with van der Waals surface area (Å²) in [6.45, 7) is 9.95. The molecule has 0 aliphatic heterocycles. The Bertz CT molecular complexity index is 587. The number of pyridine rings is 1. The van der Waals surface area contributed by atoms with E-state index in [1.807, 2.05) is 12.1 Å². The summed E-state index contributed by atoms with van der Waals surface area (Å²) in [6, 6.07) is 10.7. The highest BCUT2D eigenvalue weighted by molar-refractivity contribution is 9.10. The van der Waals surface area contributed by atoms with Gasteiger partial charge in [0.2, 0.25) is 0 Å². The van der Waals surface area contributed by atoms with E-state index in [9.17, 15) is 0 Å². The zero-order valence-corrected chi connectivity index (χ0v) is 14.3. The molecule has 2 rings (SSSR count). The fourth-order valence-corrected chi connectivity index (χ4v) is 2.97. The van der Waals surface area contributed by atoms with Crippen LogP contribution in [0.4, 0.5) is 0 Å². The molecule has 1 aromatic carbocycles. The van der Waals surface area contributed by atoms with Gasteiger partial charge in [-0.25, -0.2) is 4.98 Å². The lowest BCUT2D eigenvalue weighted by Gasteiger charge is -2.32. The third-order valence-electron chi connectivity index (χ3n) is 3.44. The van der Waals surface area contributed by atoms with E-state index < -0.39 is 0 Å². The molecule has 0 aliphatic rings. The predicted molar refractivity (Wildman–Crippen MR) is 89.9 cm³/mol. The zero-order chi connectivity index (χ0) is 14.8. The fraction of sp³-hybridized carbons (Fsp3) is 0.471. The standard InChI is InChI=1S/C17H23BrN2/c1-5-10-19-16(17(2,3)4)15-13(18)11-12-8-6-7-9-14(12)20-15/h6-9,11,16,19H,5,10H2,1-4H3. The van der Waals surface area contributed by atoms with Crippen LogP contribution in [0.1, 0.15) is 45.9 Å². The van der Waals surface area contributed by atoms with Crippen molar-refractivity contribution < 1.29 is 0 Å². The Morgan fingerprint density at radius 2 is 1.95 bits per heavy atom. The molecule has 0 radical (unpaired) electrons. The zero-order valence-electron chi connectivity index (χ0n) is 12.7. The summed E-state index contributed by atoms with van der Waals surface area (Å²) < 4.78 is 1.08. The first-order valence-corrected chi connectivity index (χ1v) is 8.01. The fourth-order valence-electron chi connectivity index (χ4n) is 2.41. The van der Waals surface area contributed by atoms with Crippen molar-refractivity contribution in [3.8, 4) is 0 Å². The van der Waals surface area contributed by atoms with E-state index in [1.165, 1.54) is 5.39 Å². The quantitative estimate of drug-likeness (QED) is 0.842. The highest BCUT2D eigenvalue weighted by Gasteiger charge is 2.28. The van der Waals surface area contributed by atoms with Gasteiger partial charge in [0.25, 0.3) is 0 Å². The molecule has 1 atom stereocenters. The van der Waals surface area contributed by atoms with Crippen LogP contribution in [-0.2, 0) is 0 Å². The molecule has 3 heteroatoms. The highest BCUT2D eigenvalue weighted by Crippen LogP contribution is 2.36. The van der Waals surface area contributed by atoms with E-state index in [0.29, 0.717) is 0 Å².